The molecule has 14 heavy (non-hydrogen) atoms. The minimum absolute atomic E-state index is 0. The predicted molar refractivity (Wildman–Crippen MR) is 59.2 cm³/mol. The third-order valence-electron chi connectivity index (χ3n) is 2.21. The Labute approximate surface area is 110 Å². The molecule has 0 unspecified atom stereocenters. The Morgan fingerprint density at radius 2 is 1.36 bits per heavy atom. The van der Waals surface area contributed by atoms with Crippen LogP contribution in [0, 0.1) is 6.07 Å². The van der Waals surface area contributed by atoms with Crippen LogP contribution in [0.1, 0.15) is 37.5 Å². The normalized spacial score (nSPS) is 8.79. The van der Waals surface area contributed by atoms with Gasteiger partial charge in [-0.3, -0.25) is 0 Å². The molecule has 0 saturated heterocycles. The average molecular weight is 221 g/mol. The Kier molecular flexibility index (Phi) is 10.2. The number of aryl methyl sites for hydroxylation is 3. The summed E-state index contributed by atoms with van der Waals surface area (Å²) in [5.41, 5.74) is 4.15. The molecule has 0 saturated carbocycles. The van der Waals surface area contributed by atoms with Crippen LogP contribution in [0.15, 0.2) is 12.1 Å². The molecule has 0 aliphatic heterocycles. The molecule has 0 atom stereocenters. The molecule has 1 rings (SSSR count). The summed E-state index contributed by atoms with van der Waals surface area (Å²) in [5, 5.41) is 0. The molecule has 0 aliphatic rings. The Morgan fingerprint density at radius 3 is 1.64 bits per heavy atom. The van der Waals surface area contributed by atoms with E-state index in [9.17, 15) is 0 Å². The van der Waals surface area contributed by atoms with Gasteiger partial charge in [0.1, 0.15) is 0 Å². The van der Waals surface area contributed by atoms with E-state index >= 15 is 0 Å². The van der Waals surface area contributed by atoms with Gasteiger partial charge < -0.3 is 12.4 Å². The van der Waals surface area contributed by atoms with Gasteiger partial charge in [0, 0.05) is 0 Å². The van der Waals surface area contributed by atoms with E-state index in [0.717, 1.165) is 19.3 Å². The quantitative estimate of drug-likeness (QED) is 0.489. The van der Waals surface area contributed by atoms with Crippen molar-refractivity contribution in [3.8, 4) is 0 Å². The second-order valence-electron chi connectivity index (χ2n) is 3.10. The zero-order valence-corrected chi connectivity index (χ0v) is 11.5. The molecule has 0 amide bonds. The average Bonchev–Trinajstić information content (AvgIpc) is 2.16. The molecule has 0 aliphatic carbocycles. The molecule has 0 aromatic heterocycles. The van der Waals surface area contributed by atoms with Crippen molar-refractivity contribution in [2.45, 2.75) is 40.0 Å². The van der Waals surface area contributed by atoms with Crippen molar-refractivity contribution in [2.24, 2.45) is 0 Å². The van der Waals surface area contributed by atoms with Crippen molar-refractivity contribution in [2.75, 3.05) is 0 Å². The van der Waals surface area contributed by atoms with Gasteiger partial charge in [-0.1, -0.05) is 40.0 Å². The second kappa shape index (κ2) is 8.57. The molecule has 1 aromatic carbocycles. The fourth-order valence-electron chi connectivity index (χ4n) is 1.35. The largest absolute Gasteiger partial charge is 2.00 e. The molecule has 0 heterocycles. The predicted octanol–water partition coefficient (Wildman–Crippen LogP) is -0.203. The number of hydrogen-bond acceptors (Lipinski definition) is 0. The molecule has 74 valence electrons. The standard InChI is InChI=1S/C12H17.ClH.Mg/c1-4-10-7-11(5-2)9-12(6-3)8-10;;/h7-8H,4-6H2,1-3H3;1H;/q-1;;+2/p-1. The van der Waals surface area contributed by atoms with E-state index in [-0.39, 0.29) is 35.5 Å². The summed E-state index contributed by atoms with van der Waals surface area (Å²) in [6.07, 6.45) is 3.33. The second-order valence-corrected chi connectivity index (χ2v) is 3.10. The zero-order valence-electron chi connectivity index (χ0n) is 9.36. The molecule has 1 aromatic rings. The van der Waals surface area contributed by atoms with Crippen LogP contribution < -0.4 is 12.4 Å². The summed E-state index contributed by atoms with van der Waals surface area (Å²) >= 11 is 0. The SMILES string of the molecule is CCc1[c-]c(CC)cc(CC)c1.[Cl-].[Mg+2]. The Morgan fingerprint density at radius 1 is 0.929 bits per heavy atom. The van der Waals surface area contributed by atoms with Crippen molar-refractivity contribution in [1.29, 1.82) is 0 Å². The summed E-state index contributed by atoms with van der Waals surface area (Å²) in [5.74, 6) is 0. The summed E-state index contributed by atoms with van der Waals surface area (Å²) in [7, 11) is 0. The maximum Gasteiger partial charge on any atom is 2.00 e. The van der Waals surface area contributed by atoms with E-state index in [1.807, 2.05) is 0 Å². The topological polar surface area (TPSA) is 0 Å². The van der Waals surface area contributed by atoms with E-state index in [0.29, 0.717) is 0 Å². The fourth-order valence-corrected chi connectivity index (χ4v) is 1.35. The van der Waals surface area contributed by atoms with Gasteiger partial charge in [0.15, 0.2) is 0 Å². The maximum atomic E-state index is 3.42. The van der Waals surface area contributed by atoms with Crippen LogP contribution in [0.3, 0.4) is 0 Å². The van der Waals surface area contributed by atoms with Gasteiger partial charge in [-0.25, -0.2) is 0 Å². The van der Waals surface area contributed by atoms with Gasteiger partial charge in [0.05, 0.1) is 0 Å². The van der Waals surface area contributed by atoms with Crippen LogP contribution in [0.25, 0.3) is 0 Å². The van der Waals surface area contributed by atoms with Crippen LogP contribution in [0.2, 0.25) is 0 Å². The van der Waals surface area contributed by atoms with E-state index in [2.05, 4.69) is 39.0 Å². The Balaban J connectivity index is 0. The number of hydrogen-bond donors (Lipinski definition) is 0. The molecule has 0 nitrogen and oxygen atoms in total. The molecule has 0 bridgehead atoms. The Hall–Kier alpha value is 0.276. The van der Waals surface area contributed by atoms with Gasteiger partial charge in [-0.2, -0.15) is 34.9 Å². The summed E-state index contributed by atoms with van der Waals surface area (Å²) in [6.45, 7) is 6.57. The third-order valence-corrected chi connectivity index (χ3v) is 2.21. The maximum absolute atomic E-state index is 3.42. The van der Waals surface area contributed by atoms with E-state index < -0.39 is 0 Å². The first-order valence-corrected chi connectivity index (χ1v) is 4.84. The van der Waals surface area contributed by atoms with Crippen LogP contribution in [-0.4, -0.2) is 23.1 Å². The van der Waals surface area contributed by atoms with Gasteiger partial charge in [-0.05, 0) is 0 Å². The fraction of sp³-hybridized carbons (Fsp3) is 0.500. The monoisotopic (exact) mass is 220 g/mol. The Bertz CT molecular complexity index is 203. The van der Waals surface area contributed by atoms with Gasteiger partial charge in [-0.15, -0.1) is 0 Å². The number of halogens is 1. The van der Waals surface area contributed by atoms with Gasteiger partial charge >= 0.3 is 23.1 Å². The van der Waals surface area contributed by atoms with Crippen LogP contribution in [-0.2, 0) is 19.3 Å². The minimum Gasteiger partial charge on any atom is -1.00 e. The smallest absolute Gasteiger partial charge is 1.00 e. The zero-order chi connectivity index (χ0) is 8.97. The van der Waals surface area contributed by atoms with Crippen molar-refractivity contribution < 1.29 is 12.4 Å². The first-order valence-electron chi connectivity index (χ1n) is 4.84. The van der Waals surface area contributed by atoms with Gasteiger partial charge in [0.25, 0.3) is 0 Å². The number of benzene rings is 1. The van der Waals surface area contributed by atoms with E-state index in [4.69, 9.17) is 0 Å². The van der Waals surface area contributed by atoms with Crippen molar-refractivity contribution in [3.05, 3.63) is 34.9 Å². The summed E-state index contributed by atoms with van der Waals surface area (Å²) in [4.78, 5) is 0. The van der Waals surface area contributed by atoms with Crippen molar-refractivity contribution >= 4 is 23.1 Å². The third kappa shape index (κ3) is 4.67. The molecule has 0 spiro atoms. The molecule has 2 heteroatoms. The van der Waals surface area contributed by atoms with Crippen molar-refractivity contribution in [3.63, 3.8) is 0 Å². The molecule has 0 N–H and O–H groups in total. The van der Waals surface area contributed by atoms with E-state index in [1.54, 1.807) is 0 Å². The van der Waals surface area contributed by atoms with Crippen LogP contribution >= 0.6 is 0 Å². The van der Waals surface area contributed by atoms with Crippen molar-refractivity contribution in [1.82, 2.24) is 0 Å². The minimum atomic E-state index is 0. The van der Waals surface area contributed by atoms with E-state index in [1.165, 1.54) is 16.7 Å². The molecular formula is C12H17ClMg. The van der Waals surface area contributed by atoms with Crippen LogP contribution in [0.5, 0.6) is 0 Å². The first-order chi connectivity index (χ1) is 5.80. The first kappa shape index (κ1) is 16.7. The summed E-state index contributed by atoms with van der Waals surface area (Å²) < 4.78 is 0. The molecule has 0 radical (unpaired) electrons. The van der Waals surface area contributed by atoms with Gasteiger partial charge in [0.2, 0.25) is 0 Å². The number of rotatable bonds is 3. The summed E-state index contributed by atoms with van der Waals surface area (Å²) in [6, 6.07) is 7.94. The molecular weight excluding hydrogens is 204 g/mol. The van der Waals surface area contributed by atoms with Crippen LogP contribution in [0.4, 0.5) is 0 Å². The molecule has 0 fully saturated rings.